The second-order valence-electron chi connectivity index (χ2n) is 12.6. The topological polar surface area (TPSA) is 140 Å². The highest BCUT2D eigenvalue weighted by molar-refractivity contribution is 5.87. The van der Waals surface area contributed by atoms with Crippen molar-refractivity contribution in [3.63, 3.8) is 0 Å². The van der Waals surface area contributed by atoms with Gasteiger partial charge in [0.05, 0.1) is 17.7 Å². The predicted octanol–water partition coefficient (Wildman–Crippen LogP) is 5.33. The van der Waals surface area contributed by atoms with Crippen molar-refractivity contribution in [3.05, 3.63) is 65.7 Å². The number of aryl methyl sites for hydroxylation is 1. The molecule has 1 atom stereocenters. The van der Waals surface area contributed by atoms with E-state index in [0.717, 1.165) is 31.2 Å². The minimum atomic E-state index is -4.73. The van der Waals surface area contributed by atoms with Crippen LogP contribution in [0.1, 0.15) is 74.7 Å². The lowest BCUT2D eigenvalue weighted by Crippen LogP contribution is -2.38. The van der Waals surface area contributed by atoms with Gasteiger partial charge in [-0.25, -0.2) is 19.9 Å². The van der Waals surface area contributed by atoms with E-state index < -0.39 is 18.0 Å². The Hall–Kier alpha value is -4.80. The van der Waals surface area contributed by atoms with Crippen LogP contribution in [0.4, 0.5) is 30.8 Å². The molecule has 0 radical (unpaired) electrons. The third kappa shape index (κ3) is 10.3. The maximum absolute atomic E-state index is 14.0. The lowest BCUT2D eigenvalue weighted by atomic mass is 9.91. The number of nitriles is 1. The van der Waals surface area contributed by atoms with Crippen LogP contribution in [-0.4, -0.2) is 70.4 Å². The quantitative estimate of drug-likeness (QED) is 0.203. The Morgan fingerprint density at radius 2 is 1.67 bits per heavy atom. The van der Waals surface area contributed by atoms with Gasteiger partial charge in [-0.15, -0.1) is 0 Å². The number of nitrogens with one attached hydrogen (secondary N) is 2. The molecule has 4 heterocycles. The summed E-state index contributed by atoms with van der Waals surface area (Å²) < 4.78 is 42.0. The van der Waals surface area contributed by atoms with Gasteiger partial charge in [-0.1, -0.05) is 12.1 Å². The molecular weight excluding hydrogens is 635 g/mol. The van der Waals surface area contributed by atoms with Crippen molar-refractivity contribution in [2.45, 2.75) is 76.4 Å². The molecule has 2 saturated heterocycles. The zero-order chi connectivity index (χ0) is 34.6. The maximum atomic E-state index is 14.0. The summed E-state index contributed by atoms with van der Waals surface area (Å²) in [5.41, 5.74) is 1.60. The largest absolute Gasteiger partial charge is 0.451 e. The minimum absolute atomic E-state index is 0.00665. The molecular formula is C35H42F3N9O2. The van der Waals surface area contributed by atoms with E-state index in [9.17, 15) is 22.8 Å². The molecule has 0 unspecified atom stereocenters. The number of amides is 1. The molecule has 14 heteroatoms. The number of hydrogen-bond donors (Lipinski definition) is 2. The van der Waals surface area contributed by atoms with E-state index in [1.807, 2.05) is 17.0 Å². The monoisotopic (exact) mass is 677 g/mol. The van der Waals surface area contributed by atoms with Crippen LogP contribution in [-0.2, 0) is 22.2 Å². The van der Waals surface area contributed by atoms with Crippen LogP contribution in [0.3, 0.4) is 0 Å². The van der Waals surface area contributed by atoms with Crippen LogP contribution >= 0.6 is 0 Å². The molecule has 2 fully saturated rings. The molecule has 0 aliphatic carbocycles. The summed E-state index contributed by atoms with van der Waals surface area (Å²) in [6, 6.07) is 12.1. The van der Waals surface area contributed by atoms with Gasteiger partial charge < -0.3 is 20.4 Å². The molecule has 2 aliphatic rings. The second kappa shape index (κ2) is 17.0. The Morgan fingerprint density at radius 1 is 0.939 bits per heavy atom. The number of hydrogen-bond acceptors (Lipinski definition) is 10. The van der Waals surface area contributed by atoms with Crippen molar-refractivity contribution in [2.24, 2.45) is 5.92 Å². The van der Waals surface area contributed by atoms with Gasteiger partial charge in [-0.3, -0.25) is 9.59 Å². The molecule has 1 aromatic carbocycles. The molecule has 2 aromatic heterocycles. The zero-order valence-corrected chi connectivity index (χ0v) is 27.5. The normalized spacial score (nSPS) is 16.7. The Labute approximate surface area is 284 Å². The zero-order valence-electron chi connectivity index (χ0n) is 27.5. The third-order valence-corrected chi connectivity index (χ3v) is 9.09. The number of benzene rings is 1. The van der Waals surface area contributed by atoms with Gasteiger partial charge in [0.15, 0.2) is 5.78 Å². The van der Waals surface area contributed by atoms with E-state index in [2.05, 4.69) is 36.6 Å². The van der Waals surface area contributed by atoms with Crippen LogP contribution in [0.2, 0.25) is 0 Å². The molecule has 0 spiro atoms. The first kappa shape index (κ1) is 35.5. The third-order valence-electron chi connectivity index (χ3n) is 9.09. The van der Waals surface area contributed by atoms with E-state index in [-0.39, 0.29) is 23.3 Å². The number of rotatable bonds is 15. The molecule has 49 heavy (non-hydrogen) atoms. The number of carbonyl (C=O) groups excluding carboxylic acids is 2. The van der Waals surface area contributed by atoms with Crippen LogP contribution in [0.25, 0.3) is 0 Å². The molecule has 0 saturated carbocycles. The van der Waals surface area contributed by atoms with Gasteiger partial charge in [0, 0.05) is 64.0 Å². The molecule has 3 aromatic rings. The first-order valence-electron chi connectivity index (χ1n) is 17.0. The van der Waals surface area contributed by atoms with Gasteiger partial charge in [-0.2, -0.15) is 18.4 Å². The fourth-order valence-corrected chi connectivity index (χ4v) is 6.47. The summed E-state index contributed by atoms with van der Waals surface area (Å²) in [5, 5.41) is 14.9. The number of carbonyl (C=O) groups is 2. The number of piperidine rings is 1. The Bertz CT molecular complexity index is 1570. The average Bonchev–Trinajstić information content (AvgIpc) is 3.61. The number of alkyl halides is 3. The van der Waals surface area contributed by atoms with Gasteiger partial charge >= 0.3 is 6.18 Å². The number of halogens is 3. The maximum Gasteiger partial charge on any atom is 0.451 e. The fraction of sp³-hybridized carbons (Fsp3) is 0.514. The van der Waals surface area contributed by atoms with E-state index in [4.69, 9.17) is 5.26 Å². The minimum Gasteiger partial charge on any atom is -0.356 e. The van der Waals surface area contributed by atoms with Crippen LogP contribution in [0.5, 0.6) is 0 Å². The van der Waals surface area contributed by atoms with Crippen LogP contribution in [0.15, 0.2) is 48.8 Å². The lowest BCUT2D eigenvalue weighted by molar-refractivity contribution is -0.144. The summed E-state index contributed by atoms with van der Waals surface area (Å²) in [6.45, 7) is 2.53. The summed E-state index contributed by atoms with van der Waals surface area (Å²) in [7, 11) is 0. The first-order valence-corrected chi connectivity index (χ1v) is 17.0. The van der Waals surface area contributed by atoms with Crippen molar-refractivity contribution in [1.29, 1.82) is 5.26 Å². The average molecular weight is 678 g/mol. The number of ketones is 1. The summed E-state index contributed by atoms with van der Waals surface area (Å²) in [5.74, 6) is 0.0187. The highest BCUT2D eigenvalue weighted by atomic mass is 19.4. The molecule has 5 rings (SSSR count). The number of anilines is 3. The van der Waals surface area contributed by atoms with Crippen molar-refractivity contribution < 1.29 is 22.8 Å². The second-order valence-corrected chi connectivity index (χ2v) is 12.6. The van der Waals surface area contributed by atoms with Gasteiger partial charge in [0.2, 0.25) is 17.7 Å². The highest BCUT2D eigenvalue weighted by Crippen LogP contribution is 2.34. The van der Waals surface area contributed by atoms with E-state index in [0.29, 0.717) is 88.7 Å². The number of Topliss-reactive ketones (excluding diaryl/α,β-unsaturated/α-hetero) is 1. The Kier molecular flexibility index (Phi) is 12.3. The lowest BCUT2D eigenvalue weighted by Gasteiger charge is -2.34. The van der Waals surface area contributed by atoms with Crippen molar-refractivity contribution in [3.8, 4) is 6.07 Å². The fourth-order valence-electron chi connectivity index (χ4n) is 6.47. The SMILES string of the molecule is N#Cc1ccc(CCCC(=O)[C@@H]2CCCN2c2cc(N3CCC(CCCC(=O)NCCNc4ncccn4)CC3)nc(C(F)(F)F)n2)cc1. The van der Waals surface area contributed by atoms with Crippen molar-refractivity contribution in [2.75, 3.05) is 47.8 Å². The Balaban J connectivity index is 1.10. The number of aromatic nitrogens is 4. The van der Waals surface area contributed by atoms with E-state index >= 15 is 0 Å². The standard InChI is InChI=1S/C35H42F3N9O2/c36-35(37,38)33-44-30(46-21-14-26(15-22-46)6-2-9-32(49)40-18-19-43-34-41-16-4-17-42-34)23-31(45-33)47-20-3-7-28(47)29(48)8-1-5-25-10-12-27(24-39)13-11-25/h4,10-13,16-17,23,26,28H,1-3,5-9,14-15,18-22H2,(H,40,49)(H,41,42,43)/t28-/m0/s1. The Morgan fingerprint density at radius 3 is 2.39 bits per heavy atom. The molecule has 11 nitrogen and oxygen atoms in total. The molecule has 2 aliphatic heterocycles. The van der Waals surface area contributed by atoms with Crippen molar-refractivity contribution >= 4 is 29.3 Å². The highest BCUT2D eigenvalue weighted by Gasteiger charge is 2.38. The molecule has 1 amide bonds. The van der Waals surface area contributed by atoms with Gasteiger partial charge in [-0.05, 0) is 81.0 Å². The first-order chi connectivity index (χ1) is 23.7. The van der Waals surface area contributed by atoms with E-state index in [1.165, 1.54) is 0 Å². The number of nitrogens with zero attached hydrogens (tertiary/aromatic N) is 7. The van der Waals surface area contributed by atoms with Crippen LogP contribution in [0, 0.1) is 17.2 Å². The summed E-state index contributed by atoms with van der Waals surface area (Å²) in [4.78, 5) is 45.1. The summed E-state index contributed by atoms with van der Waals surface area (Å²) >= 11 is 0. The molecule has 2 N–H and O–H groups in total. The van der Waals surface area contributed by atoms with Gasteiger partial charge in [0.25, 0.3) is 0 Å². The smallest absolute Gasteiger partial charge is 0.356 e. The predicted molar refractivity (Wildman–Crippen MR) is 179 cm³/mol. The van der Waals surface area contributed by atoms with Gasteiger partial charge in [0.1, 0.15) is 11.6 Å². The molecule has 260 valence electrons. The van der Waals surface area contributed by atoms with Crippen molar-refractivity contribution in [1.82, 2.24) is 25.3 Å². The van der Waals surface area contributed by atoms with E-state index in [1.54, 1.807) is 41.6 Å². The molecule has 0 bridgehead atoms. The van der Waals surface area contributed by atoms with Crippen LogP contribution < -0.4 is 20.4 Å². The summed E-state index contributed by atoms with van der Waals surface area (Å²) in [6.07, 6.45) is 4.99.